The molecule has 0 saturated carbocycles. The minimum Gasteiger partial charge on any atom is -0.493 e. The smallest absolute Gasteiger partial charge is 0.262 e. The zero-order chi connectivity index (χ0) is 17.9. The number of anilines is 1. The molecule has 0 amide bonds. The van der Waals surface area contributed by atoms with Crippen LogP contribution in [0.4, 0.5) is 10.1 Å². The first-order chi connectivity index (χ1) is 11.3. The van der Waals surface area contributed by atoms with Gasteiger partial charge in [0.1, 0.15) is 5.82 Å². The molecular weight excluding hydrogens is 337 g/mol. The van der Waals surface area contributed by atoms with E-state index in [2.05, 4.69) is 4.72 Å². The van der Waals surface area contributed by atoms with Crippen molar-refractivity contribution >= 4 is 15.7 Å². The van der Waals surface area contributed by atoms with Crippen LogP contribution in [0.1, 0.15) is 5.56 Å². The van der Waals surface area contributed by atoms with Crippen molar-refractivity contribution in [1.82, 2.24) is 0 Å². The van der Waals surface area contributed by atoms with E-state index >= 15 is 0 Å². The summed E-state index contributed by atoms with van der Waals surface area (Å²) in [5.41, 5.74) is 0.531. The number of halogens is 1. The van der Waals surface area contributed by atoms with Gasteiger partial charge in [-0.05, 0) is 30.7 Å². The molecule has 8 heteroatoms. The number of sulfonamides is 1. The van der Waals surface area contributed by atoms with E-state index in [-0.39, 0.29) is 10.6 Å². The third kappa shape index (κ3) is 3.53. The molecule has 1 N–H and O–H groups in total. The van der Waals surface area contributed by atoms with E-state index in [0.29, 0.717) is 22.8 Å². The molecule has 2 aromatic rings. The number of nitrogens with one attached hydrogen (secondary N) is 1. The van der Waals surface area contributed by atoms with E-state index in [4.69, 9.17) is 14.2 Å². The first kappa shape index (κ1) is 17.9. The molecule has 0 heterocycles. The van der Waals surface area contributed by atoms with Gasteiger partial charge in [0.05, 0.1) is 31.9 Å². The molecule has 0 saturated heterocycles. The summed E-state index contributed by atoms with van der Waals surface area (Å²) < 4.78 is 56.3. The van der Waals surface area contributed by atoms with Crippen molar-refractivity contribution in [3.05, 3.63) is 41.7 Å². The Morgan fingerprint density at radius 1 is 0.958 bits per heavy atom. The Kier molecular flexibility index (Phi) is 5.18. The third-order valence-corrected chi connectivity index (χ3v) is 4.88. The van der Waals surface area contributed by atoms with Crippen LogP contribution in [0.15, 0.2) is 35.2 Å². The predicted octanol–water partition coefficient (Wildman–Crippen LogP) is 2.96. The molecule has 0 fully saturated rings. The average Bonchev–Trinajstić information content (AvgIpc) is 2.52. The van der Waals surface area contributed by atoms with Crippen molar-refractivity contribution in [1.29, 1.82) is 0 Å². The third-order valence-electron chi connectivity index (χ3n) is 3.34. The Labute approximate surface area is 140 Å². The second kappa shape index (κ2) is 6.96. The number of rotatable bonds is 6. The fraction of sp³-hybridized carbons (Fsp3) is 0.250. The van der Waals surface area contributed by atoms with E-state index in [1.807, 2.05) is 0 Å². The maximum absolute atomic E-state index is 13.2. The van der Waals surface area contributed by atoms with Gasteiger partial charge in [-0.15, -0.1) is 0 Å². The quantitative estimate of drug-likeness (QED) is 0.862. The van der Waals surface area contributed by atoms with Gasteiger partial charge in [-0.1, -0.05) is 0 Å². The highest BCUT2D eigenvalue weighted by molar-refractivity contribution is 7.92. The van der Waals surface area contributed by atoms with Crippen LogP contribution in [-0.4, -0.2) is 29.7 Å². The van der Waals surface area contributed by atoms with Crippen LogP contribution in [0.5, 0.6) is 17.2 Å². The highest BCUT2D eigenvalue weighted by atomic mass is 32.2. The molecule has 0 radical (unpaired) electrons. The lowest BCUT2D eigenvalue weighted by Gasteiger charge is -2.15. The van der Waals surface area contributed by atoms with E-state index in [1.54, 1.807) is 0 Å². The summed E-state index contributed by atoms with van der Waals surface area (Å²) in [6.45, 7) is 1.52. The van der Waals surface area contributed by atoms with Gasteiger partial charge in [0, 0.05) is 12.1 Å². The standard InChI is InChI=1S/C16H18FNO5S/c1-10-7-11(17)5-6-15(10)24(19,20)18-12-8-13(21-2)16(23-4)14(9-12)22-3/h5-9,18H,1-4H3. The largest absolute Gasteiger partial charge is 0.493 e. The van der Waals surface area contributed by atoms with Crippen LogP contribution in [0.3, 0.4) is 0 Å². The van der Waals surface area contributed by atoms with Crippen molar-refractivity contribution in [3.8, 4) is 17.2 Å². The summed E-state index contributed by atoms with van der Waals surface area (Å²) in [5, 5.41) is 0. The number of hydrogen-bond donors (Lipinski definition) is 1. The molecule has 0 spiro atoms. The number of ether oxygens (including phenoxy) is 3. The molecule has 2 aromatic carbocycles. The molecule has 0 bridgehead atoms. The molecule has 0 aliphatic carbocycles. The van der Waals surface area contributed by atoms with Crippen LogP contribution in [0.25, 0.3) is 0 Å². The van der Waals surface area contributed by atoms with Gasteiger partial charge >= 0.3 is 0 Å². The summed E-state index contributed by atoms with van der Waals surface area (Å²) in [5.74, 6) is 0.468. The van der Waals surface area contributed by atoms with Gasteiger partial charge in [-0.3, -0.25) is 4.72 Å². The van der Waals surface area contributed by atoms with Gasteiger partial charge < -0.3 is 14.2 Å². The first-order valence-corrected chi connectivity index (χ1v) is 8.39. The summed E-state index contributed by atoms with van der Waals surface area (Å²) in [6, 6.07) is 6.40. The summed E-state index contributed by atoms with van der Waals surface area (Å²) in [6.07, 6.45) is 0. The van der Waals surface area contributed by atoms with Gasteiger partial charge in [0.15, 0.2) is 11.5 Å². The molecule has 0 atom stereocenters. The second-order valence-electron chi connectivity index (χ2n) is 4.93. The fourth-order valence-corrected chi connectivity index (χ4v) is 3.53. The highest BCUT2D eigenvalue weighted by Crippen LogP contribution is 2.40. The van der Waals surface area contributed by atoms with Crippen LogP contribution < -0.4 is 18.9 Å². The molecule has 0 aliphatic heterocycles. The van der Waals surface area contributed by atoms with Gasteiger partial charge in [-0.25, -0.2) is 12.8 Å². The van der Waals surface area contributed by atoms with E-state index in [9.17, 15) is 12.8 Å². The summed E-state index contributed by atoms with van der Waals surface area (Å²) in [7, 11) is 0.412. The Morgan fingerprint density at radius 3 is 2.00 bits per heavy atom. The Bertz CT molecular complexity index is 827. The van der Waals surface area contributed by atoms with Crippen molar-refractivity contribution in [2.75, 3.05) is 26.1 Å². The van der Waals surface area contributed by atoms with E-state index in [1.165, 1.54) is 46.5 Å². The van der Waals surface area contributed by atoms with E-state index < -0.39 is 15.8 Å². The van der Waals surface area contributed by atoms with Crippen molar-refractivity contribution in [2.45, 2.75) is 11.8 Å². The van der Waals surface area contributed by atoms with Crippen LogP contribution in [0, 0.1) is 12.7 Å². The number of benzene rings is 2. The Balaban J connectivity index is 2.46. The Hall–Kier alpha value is -2.48. The van der Waals surface area contributed by atoms with Crippen molar-refractivity contribution in [3.63, 3.8) is 0 Å². The maximum Gasteiger partial charge on any atom is 0.262 e. The minimum absolute atomic E-state index is 0.0161. The lowest BCUT2D eigenvalue weighted by molar-refractivity contribution is 0.325. The monoisotopic (exact) mass is 355 g/mol. The van der Waals surface area contributed by atoms with Crippen LogP contribution in [-0.2, 0) is 10.0 Å². The normalized spacial score (nSPS) is 11.0. The molecule has 6 nitrogen and oxygen atoms in total. The molecule has 2 rings (SSSR count). The Morgan fingerprint density at radius 2 is 1.54 bits per heavy atom. The van der Waals surface area contributed by atoms with Gasteiger partial charge in [-0.2, -0.15) is 0 Å². The van der Waals surface area contributed by atoms with Gasteiger partial charge in [0.2, 0.25) is 5.75 Å². The maximum atomic E-state index is 13.2. The molecule has 0 aliphatic rings. The topological polar surface area (TPSA) is 73.9 Å². The molecular formula is C16H18FNO5S. The number of aryl methyl sites for hydroxylation is 1. The number of methoxy groups -OCH3 is 3. The molecule has 130 valence electrons. The van der Waals surface area contributed by atoms with Gasteiger partial charge in [0.25, 0.3) is 10.0 Å². The van der Waals surface area contributed by atoms with Crippen molar-refractivity contribution < 1.29 is 27.0 Å². The first-order valence-electron chi connectivity index (χ1n) is 6.91. The number of hydrogen-bond acceptors (Lipinski definition) is 5. The van der Waals surface area contributed by atoms with E-state index in [0.717, 1.165) is 12.1 Å². The SMILES string of the molecule is COc1cc(NS(=O)(=O)c2ccc(F)cc2C)cc(OC)c1OC. The molecule has 0 aromatic heterocycles. The van der Waals surface area contributed by atoms with Crippen molar-refractivity contribution in [2.24, 2.45) is 0 Å². The lowest BCUT2D eigenvalue weighted by Crippen LogP contribution is -2.14. The van der Waals surface area contributed by atoms with Crippen LogP contribution >= 0.6 is 0 Å². The fourth-order valence-electron chi connectivity index (χ4n) is 2.26. The van der Waals surface area contributed by atoms with Crippen LogP contribution in [0.2, 0.25) is 0 Å². The lowest BCUT2D eigenvalue weighted by atomic mass is 10.2. The zero-order valence-corrected chi connectivity index (χ0v) is 14.5. The molecule has 0 unspecified atom stereocenters. The molecule has 24 heavy (non-hydrogen) atoms. The average molecular weight is 355 g/mol. The summed E-state index contributed by atoms with van der Waals surface area (Å²) >= 11 is 0. The summed E-state index contributed by atoms with van der Waals surface area (Å²) in [4.78, 5) is -0.0161. The highest BCUT2D eigenvalue weighted by Gasteiger charge is 2.20. The minimum atomic E-state index is -3.90. The second-order valence-corrected chi connectivity index (χ2v) is 6.58. The predicted molar refractivity (Wildman–Crippen MR) is 88.0 cm³/mol. The zero-order valence-electron chi connectivity index (χ0n) is 13.7.